The third-order valence-electron chi connectivity index (χ3n) is 2.38. The first-order chi connectivity index (χ1) is 8.58. The maximum absolute atomic E-state index is 12.1. The molecular formula is C13H10BrIN2O. The Kier molecular flexibility index (Phi) is 4.23. The summed E-state index contributed by atoms with van der Waals surface area (Å²) in [4.78, 5) is 12.1. The Bertz CT molecular complexity index is 601. The molecule has 1 amide bonds. The number of benzene rings is 2. The van der Waals surface area contributed by atoms with Gasteiger partial charge in [-0.2, -0.15) is 0 Å². The van der Waals surface area contributed by atoms with Crippen molar-refractivity contribution in [3.8, 4) is 0 Å². The van der Waals surface area contributed by atoms with E-state index in [-0.39, 0.29) is 5.91 Å². The van der Waals surface area contributed by atoms with Gasteiger partial charge in [0.15, 0.2) is 0 Å². The minimum Gasteiger partial charge on any atom is -0.398 e. The number of nitrogens with one attached hydrogen (secondary N) is 1. The van der Waals surface area contributed by atoms with Gasteiger partial charge in [0.25, 0.3) is 5.91 Å². The van der Waals surface area contributed by atoms with Crippen molar-refractivity contribution in [3.63, 3.8) is 0 Å². The molecular weight excluding hydrogens is 407 g/mol. The molecule has 0 aliphatic carbocycles. The summed E-state index contributed by atoms with van der Waals surface area (Å²) in [5.74, 6) is -0.153. The Labute approximate surface area is 127 Å². The van der Waals surface area contributed by atoms with Crippen LogP contribution < -0.4 is 11.1 Å². The van der Waals surface area contributed by atoms with Crippen LogP contribution in [-0.4, -0.2) is 5.91 Å². The number of hydrogen-bond acceptors (Lipinski definition) is 2. The van der Waals surface area contributed by atoms with Crippen molar-refractivity contribution in [1.29, 1.82) is 0 Å². The van der Waals surface area contributed by atoms with Gasteiger partial charge in [-0.1, -0.05) is 12.1 Å². The van der Waals surface area contributed by atoms with Gasteiger partial charge in [-0.3, -0.25) is 4.79 Å². The number of carbonyl (C=O) groups is 1. The van der Waals surface area contributed by atoms with Gasteiger partial charge in [0.05, 0.1) is 5.69 Å². The number of para-hydroxylation sites is 1. The number of nitrogen functional groups attached to an aromatic ring is 1. The third kappa shape index (κ3) is 3.02. The third-order valence-corrected chi connectivity index (χ3v) is 4.01. The Morgan fingerprint density at radius 3 is 2.61 bits per heavy atom. The van der Waals surface area contributed by atoms with Crippen LogP contribution in [0.3, 0.4) is 0 Å². The highest BCUT2D eigenvalue weighted by Crippen LogP contribution is 2.22. The van der Waals surface area contributed by atoms with Crippen molar-refractivity contribution in [2.75, 3.05) is 11.1 Å². The topological polar surface area (TPSA) is 55.1 Å². The van der Waals surface area contributed by atoms with Gasteiger partial charge in [-0.15, -0.1) is 0 Å². The van der Waals surface area contributed by atoms with E-state index in [1.807, 2.05) is 24.3 Å². The van der Waals surface area contributed by atoms with Crippen molar-refractivity contribution in [2.45, 2.75) is 0 Å². The SMILES string of the molecule is Nc1ccc(C(=O)Nc2ccccc2Br)cc1I. The van der Waals surface area contributed by atoms with E-state index in [0.29, 0.717) is 11.3 Å². The Balaban J connectivity index is 2.22. The van der Waals surface area contributed by atoms with Gasteiger partial charge in [-0.25, -0.2) is 0 Å². The number of anilines is 2. The highest BCUT2D eigenvalue weighted by molar-refractivity contribution is 14.1. The molecule has 0 spiro atoms. The highest BCUT2D eigenvalue weighted by Gasteiger charge is 2.09. The summed E-state index contributed by atoms with van der Waals surface area (Å²) in [5, 5.41) is 2.84. The first-order valence-electron chi connectivity index (χ1n) is 5.19. The summed E-state index contributed by atoms with van der Waals surface area (Å²) in [6.07, 6.45) is 0. The molecule has 0 unspecified atom stereocenters. The maximum Gasteiger partial charge on any atom is 0.255 e. The maximum atomic E-state index is 12.1. The van der Waals surface area contributed by atoms with E-state index in [0.717, 1.165) is 13.7 Å². The van der Waals surface area contributed by atoms with E-state index in [1.54, 1.807) is 18.2 Å². The fourth-order valence-electron chi connectivity index (χ4n) is 1.43. The van der Waals surface area contributed by atoms with Gasteiger partial charge in [0, 0.05) is 19.3 Å². The van der Waals surface area contributed by atoms with E-state index in [9.17, 15) is 4.79 Å². The minimum atomic E-state index is -0.153. The summed E-state index contributed by atoms with van der Waals surface area (Å²) in [7, 11) is 0. The van der Waals surface area contributed by atoms with Gasteiger partial charge >= 0.3 is 0 Å². The zero-order chi connectivity index (χ0) is 13.1. The molecule has 0 aliphatic heterocycles. The second-order valence-electron chi connectivity index (χ2n) is 3.67. The lowest BCUT2D eigenvalue weighted by Crippen LogP contribution is -2.12. The molecule has 0 radical (unpaired) electrons. The fourth-order valence-corrected chi connectivity index (χ4v) is 2.32. The average Bonchev–Trinajstić information content (AvgIpc) is 2.35. The van der Waals surface area contributed by atoms with Crippen LogP contribution in [0, 0.1) is 3.57 Å². The average molecular weight is 417 g/mol. The van der Waals surface area contributed by atoms with E-state index < -0.39 is 0 Å². The van der Waals surface area contributed by atoms with Crippen LogP contribution >= 0.6 is 38.5 Å². The smallest absolute Gasteiger partial charge is 0.255 e. The van der Waals surface area contributed by atoms with Gasteiger partial charge in [-0.05, 0) is 68.9 Å². The van der Waals surface area contributed by atoms with Crippen LogP contribution in [0.4, 0.5) is 11.4 Å². The Morgan fingerprint density at radius 2 is 1.94 bits per heavy atom. The van der Waals surface area contributed by atoms with Crippen LogP contribution in [0.5, 0.6) is 0 Å². The van der Waals surface area contributed by atoms with Crippen LogP contribution in [-0.2, 0) is 0 Å². The van der Waals surface area contributed by atoms with Crippen LogP contribution in [0.2, 0.25) is 0 Å². The van der Waals surface area contributed by atoms with E-state index >= 15 is 0 Å². The first kappa shape index (κ1) is 13.4. The van der Waals surface area contributed by atoms with Crippen molar-refractivity contribution >= 4 is 55.8 Å². The molecule has 92 valence electrons. The molecule has 2 rings (SSSR count). The molecule has 3 nitrogen and oxygen atoms in total. The van der Waals surface area contributed by atoms with E-state index in [2.05, 4.69) is 43.8 Å². The van der Waals surface area contributed by atoms with Crippen molar-refractivity contribution in [2.24, 2.45) is 0 Å². The molecule has 0 atom stereocenters. The van der Waals surface area contributed by atoms with Crippen molar-refractivity contribution < 1.29 is 4.79 Å². The van der Waals surface area contributed by atoms with Crippen molar-refractivity contribution in [3.05, 3.63) is 56.1 Å². The number of nitrogens with two attached hydrogens (primary N) is 1. The van der Waals surface area contributed by atoms with Gasteiger partial charge < -0.3 is 11.1 Å². The molecule has 0 saturated heterocycles. The lowest BCUT2D eigenvalue weighted by molar-refractivity contribution is 0.102. The molecule has 18 heavy (non-hydrogen) atoms. The largest absolute Gasteiger partial charge is 0.398 e. The summed E-state index contributed by atoms with van der Waals surface area (Å²) in [5.41, 5.74) is 7.73. The Morgan fingerprint density at radius 1 is 1.22 bits per heavy atom. The molecule has 5 heteroatoms. The second kappa shape index (κ2) is 5.71. The number of rotatable bonds is 2. The molecule has 0 saturated carbocycles. The van der Waals surface area contributed by atoms with Crippen LogP contribution in [0.25, 0.3) is 0 Å². The lowest BCUT2D eigenvalue weighted by Gasteiger charge is -2.08. The van der Waals surface area contributed by atoms with Crippen molar-refractivity contribution in [1.82, 2.24) is 0 Å². The molecule has 0 aromatic heterocycles. The molecule has 2 aromatic carbocycles. The molecule has 3 N–H and O–H groups in total. The van der Waals surface area contributed by atoms with Gasteiger partial charge in [0.1, 0.15) is 0 Å². The lowest BCUT2D eigenvalue weighted by atomic mass is 10.2. The highest BCUT2D eigenvalue weighted by atomic mass is 127. The number of halogens is 2. The molecule has 0 bridgehead atoms. The zero-order valence-corrected chi connectivity index (χ0v) is 13.0. The van der Waals surface area contributed by atoms with E-state index in [1.165, 1.54) is 0 Å². The molecule has 0 aliphatic rings. The Hall–Kier alpha value is -1.08. The second-order valence-corrected chi connectivity index (χ2v) is 5.69. The summed E-state index contributed by atoms with van der Waals surface area (Å²) in [6.45, 7) is 0. The summed E-state index contributed by atoms with van der Waals surface area (Å²) in [6, 6.07) is 12.7. The summed E-state index contributed by atoms with van der Waals surface area (Å²) < 4.78 is 1.72. The molecule has 0 heterocycles. The van der Waals surface area contributed by atoms with Crippen LogP contribution in [0.1, 0.15) is 10.4 Å². The predicted octanol–water partition coefficient (Wildman–Crippen LogP) is 3.89. The number of hydrogen-bond donors (Lipinski definition) is 2. The fraction of sp³-hybridized carbons (Fsp3) is 0. The molecule has 2 aromatic rings. The number of amides is 1. The standard InChI is InChI=1S/C13H10BrIN2O/c14-9-3-1-2-4-12(9)17-13(18)8-5-6-11(16)10(15)7-8/h1-7H,16H2,(H,17,18). The first-order valence-corrected chi connectivity index (χ1v) is 7.06. The monoisotopic (exact) mass is 416 g/mol. The summed E-state index contributed by atoms with van der Waals surface area (Å²) >= 11 is 5.49. The van der Waals surface area contributed by atoms with Crippen LogP contribution in [0.15, 0.2) is 46.9 Å². The quantitative estimate of drug-likeness (QED) is 0.576. The zero-order valence-electron chi connectivity index (χ0n) is 9.28. The normalized spacial score (nSPS) is 10.1. The van der Waals surface area contributed by atoms with Gasteiger partial charge in [0.2, 0.25) is 0 Å². The molecule has 0 fully saturated rings. The minimum absolute atomic E-state index is 0.153. The van der Waals surface area contributed by atoms with E-state index in [4.69, 9.17) is 5.73 Å². The predicted molar refractivity (Wildman–Crippen MR) is 85.7 cm³/mol. The number of carbonyl (C=O) groups excluding carboxylic acids is 1.